The first-order valence-corrected chi connectivity index (χ1v) is 8.23. The van der Waals surface area contributed by atoms with Crippen LogP contribution in [0.2, 0.25) is 5.02 Å². The SMILES string of the molecule is CN1CCC[C@@](CCc2cc(Cl)cc(C(F)(F)F)c2)(N(C)C)C1. The molecule has 0 spiro atoms. The van der Waals surface area contributed by atoms with Gasteiger partial charge in [0, 0.05) is 17.1 Å². The van der Waals surface area contributed by atoms with E-state index in [9.17, 15) is 13.2 Å². The standard InChI is InChI=1S/C17H24ClF3N2/c1-22(2)16(6-4-8-23(3)12-16)7-5-13-9-14(17(19,20)21)11-15(18)10-13/h9-11H,4-8,12H2,1-3H3/t16-/m0/s1. The van der Waals surface area contributed by atoms with E-state index in [0.29, 0.717) is 12.0 Å². The molecule has 130 valence electrons. The molecular formula is C17H24ClF3N2. The number of rotatable bonds is 4. The molecule has 2 nitrogen and oxygen atoms in total. The second-order valence-corrected chi connectivity index (χ2v) is 7.24. The first-order valence-electron chi connectivity index (χ1n) is 7.85. The van der Waals surface area contributed by atoms with Crippen molar-refractivity contribution >= 4 is 11.6 Å². The molecule has 0 aromatic heterocycles. The zero-order valence-corrected chi connectivity index (χ0v) is 14.6. The molecule has 23 heavy (non-hydrogen) atoms. The second kappa shape index (κ2) is 6.99. The molecule has 0 aliphatic carbocycles. The lowest BCUT2D eigenvalue weighted by Gasteiger charge is -2.46. The third-order valence-electron chi connectivity index (χ3n) is 4.86. The van der Waals surface area contributed by atoms with Crippen LogP contribution in [0.5, 0.6) is 0 Å². The van der Waals surface area contributed by atoms with Crippen molar-refractivity contribution in [1.82, 2.24) is 9.80 Å². The van der Waals surface area contributed by atoms with Crippen molar-refractivity contribution in [3.8, 4) is 0 Å². The second-order valence-electron chi connectivity index (χ2n) is 6.81. The first-order chi connectivity index (χ1) is 10.6. The van der Waals surface area contributed by atoms with Gasteiger partial charge in [0.15, 0.2) is 0 Å². The van der Waals surface area contributed by atoms with Crippen molar-refractivity contribution in [2.45, 2.75) is 37.4 Å². The van der Waals surface area contributed by atoms with Gasteiger partial charge in [-0.3, -0.25) is 0 Å². The van der Waals surface area contributed by atoms with Gasteiger partial charge in [-0.15, -0.1) is 0 Å². The van der Waals surface area contributed by atoms with Gasteiger partial charge in [0.1, 0.15) is 0 Å². The van der Waals surface area contributed by atoms with E-state index in [4.69, 9.17) is 11.6 Å². The molecule has 1 heterocycles. The van der Waals surface area contributed by atoms with Gasteiger partial charge >= 0.3 is 6.18 Å². The zero-order valence-electron chi connectivity index (χ0n) is 13.9. The Morgan fingerprint density at radius 2 is 1.96 bits per heavy atom. The van der Waals surface area contributed by atoms with Crippen LogP contribution in [0, 0.1) is 0 Å². The fraction of sp³-hybridized carbons (Fsp3) is 0.647. The molecule has 2 rings (SSSR count). The largest absolute Gasteiger partial charge is 0.416 e. The highest BCUT2D eigenvalue weighted by molar-refractivity contribution is 6.30. The van der Waals surface area contributed by atoms with Gasteiger partial charge < -0.3 is 9.80 Å². The topological polar surface area (TPSA) is 6.48 Å². The third-order valence-corrected chi connectivity index (χ3v) is 5.08. The van der Waals surface area contributed by atoms with Crippen LogP contribution in [0.1, 0.15) is 30.4 Å². The predicted molar refractivity (Wildman–Crippen MR) is 87.9 cm³/mol. The van der Waals surface area contributed by atoms with Crippen LogP contribution in [0.15, 0.2) is 18.2 Å². The summed E-state index contributed by atoms with van der Waals surface area (Å²) in [5.41, 5.74) is -0.00722. The van der Waals surface area contributed by atoms with Gasteiger partial charge in [-0.05, 0) is 77.1 Å². The lowest BCUT2D eigenvalue weighted by Crippen LogP contribution is -2.55. The average Bonchev–Trinajstić information content (AvgIpc) is 2.43. The first kappa shape index (κ1) is 18.6. The molecule has 1 saturated heterocycles. The average molecular weight is 349 g/mol. The number of alkyl halides is 3. The van der Waals surface area contributed by atoms with E-state index < -0.39 is 11.7 Å². The van der Waals surface area contributed by atoms with E-state index in [1.165, 1.54) is 6.07 Å². The van der Waals surface area contributed by atoms with Crippen molar-refractivity contribution in [1.29, 1.82) is 0 Å². The molecule has 1 aromatic rings. The molecule has 1 aromatic carbocycles. The van der Waals surface area contributed by atoms with Crippen LogP contribution in [0.3, 0.4) is 0 Å². The summed E-state index contributed by atoms with van der Waals surface area (Å²) in [6.45, 7) is 2.01. The maximum atomic E-state index is 12.9. The number of aryl methyl sites for hydroxylation is 1. The summed E-state index contributed by atoms with van der Waals surface area (Å²) >= 11 is 5.88. The Morgan fingerprint density at radius 1 is 1.26 bits per heavy atom. The monoisotopic (exact) mass is 348 g/mol. The van der Waals surface area contributed by atoms with Gasteiger partial charge in [-0.1, -0.05) is 11.6 Å². The summed E-state index contributed by atoms with van der Waals surface area (Å²) in [6.07, 6.45) is -0.767. The zero-order chi connectivity index (χ0) is 17.3. The summed E-state index contributed by atoms with van der Waals surface area (Å²) < 4.78 is 38.8. The number of nitrogens with zero attached hydrogens (tertiary/aromatic N) is 2. The van der Waals surface area contributed by atoms with Crippen LogP contribution < -0.4 is 0 Å². The van der Waals surface area contributed by atoms with Crippen LogP contribution in [-0.4, -0.2) is 49.6 Å². The minimum Gasteiger partial charge on any atom is -0.305 e. The smallest absolute Gasteiger partial charge is 0.305 e. The van der Waals surface area contributed by atoms with Crippen molar-refractivity contribution < 1.29 is 13.2 Å². The fourth-order valence-electron chi connectivity index (χ4n) is 3.47. The maximum absolute atomic E-state index is 12.9. The number of likely N-dealkylation sites (tertiary alicyclic amines) is 1. The van der Waals surface area contributed by atoms with E-state index >= 15 is 0 Å². The number of hydrogen-bond acceptors (Lipinski definition) is 2. The predicted octanol–water partition coefficient (Wildman–Crippen LogP) is 4.32. The molecular weight excluding hydrogens is 325 g/mol. The third kappa shape index (κ3) is 4.61. The molecule has 0 amide bonds. The summed E-state index contributed by atoms with van der Waals surface area (Å²) in [4.78, 5) is 4.51. The maximum Gasteiger partial charge on any atom is 0.416 e. The lowest BCUT2D eigenvalue weighted by atomic mass is 9.82. The van der Waals surface area contributed by atoms with Crippen LogP contribution >= 0.6 is 11.6 Å². The van der Waals surface area contributed by atoms with Gasteiger partial charge in [0.05, 0.1) is 5.56 Å². The molecule has 6 heteroatoms. The highest BCUT2D eigenvalue weighted by atomic mass is 35.5. The molecule has 0 bridgehead atoms. The van der Waals surface area contributed by atoms with E-state index in [1.807, 2.05) is 0 Å². The Bertz CT molecular complexity index is 545. The van der Waals surface area contributed by atoms with E-state index in [1.54, 1.807) is 6.07 Å². The number of likely N-dealkylation sites (N-methyl/N-ethyl adjacent to an activating group) is 2. The Morgan fingerprint density at radius 3 is 2.52 bits per heavy atom. The molecule has 0 radical (unpaired) electrons. The minimum absolute atomic E-state index is 0.00765. The summed E-state index contributed by atoms with van der Waals surface area (Å²) in [5.74, 6) is 0. The molecule has 1 aliphatic heterocycles. The highest BCUT2D eigenvalue weighted by Gasteiger charge is 2.36. The number of halogens is 4. The van der Waals surface area contributed by atoms with E-state index in [-0.39, 0.29) is 10.6 Å². The summed E-state index contributed by atoms with van der Waals surface area (Å²) in [6, 6.07) is 3.86. The molecule has 0 saturated carbocycles. The molecule has 1 fully saturated rings. The number of hydrogen-bond donors (Lipinski definition) is 0. The highest BCUT2D eigenvalue weighted by Crippen LogP contribution is 2.34. The van der Waals surface area contributed by atoms with Gasteiger partial charge in [0.2, 0.25) is 0 Å². The van der Waals surface area contributed by atoms with Crippen LogP contribution in [0.4, 0.5) is 13.2 Å². The Balaban J connectivity index is 2.17. The quantitative estimate of drug-likeness (QED) is 0.799. The Kier molecular flexibility index (Phi) is 5.64. The number of piperidine rings is 1. The van der Waals surface area contributed by atoms with E-state index in [2.05, 4.69) is 30.9 Å². The Hall–Kier alpha value is -0.780. The molecule has 1 atom stereocenters. The lowest BCUT2D eigenvalue weighted by molar-refractivity contribution is -0.137. The Labute approximate surface area is 141 Å². The molecule has 1 aliphatic rings. The van der Waals surface area contributed by atoms with Crippen molar-refractivity contribution in [2.75, 3.05) is 34.2 Å². The molecule has 0 unspecified atom stereocenters. The van der Waals surface area contributed by atoms with Gasteiger partial charge in [-0.25, -0.2) is 0 Å². The minimum atomic E-state index is -4.36. The number of benzene rings is 1. The van der Waals surface area contributed by atoms with Crippen LogP contribution in [0.25, 0.3) is 0 Å². The molecule has 0 N–H and O–H groups in total. The van der Waals surface area contributed by atoms with Gasteiger partial charge in [0.25, 0.3) is 0 Å². The fourth-order valence-corrected chi connectivity index (χ4v) is 3.72. The van der Waals surface area contributed by atoms with Crippen molar-refractivity contribution in [2.24, 2.45) is 0 Å². The summed E-state index contributed by atoms with van der Waals surface area (Å²) in [5, 5.41) is 0.148. The van der Waals surface area contributed by atoms with Gasteiger partial charge in [-0.2, -0.15) is 13.2 Å². The normalized spacial score (nSPS) is 23.5. The summed E-state index contributed by atoms with van der Waals surface area (Å²) in [7, 11) is 6.20. The van der Waals surface area contributed by atoms with Crippen molar-refractivity contribution in [3.63, 3.8) is 0 Å². The van der Waals surface area contributed by atoms with Crippen molar-refractivity contribution in [3.05, 3.63) is 34.3 Å². The van der Waals surface area contributed by atoms with E-state index in [0.717, 1.165) is 38.4 Å². The van der Waals surface area contributed by atoms with Crippen LogP contribution in [-0.2, 0) is 12.6 Å².